The number of hydrogen-bond donors (Lipinski definition) is 1. The molecule has 2 N–H and O–H groups in total. The van der Waals surface area contributed by atoms with Crippen LogP contribution in [0.2, 0.25) is 0 Å². The summed E-state index contributed by atoms with van der Waals surface area (Å²) in [6.07, 6.45) is 1.89. The Morgan fingerprint density at radius 3 is 2.76 bits per heavy atom. The van der Waals surface area contributed by atoms with Crippen molar-refractivity contribution in [2.45, 2.75) is 23.9 Å². The van der Waals surface area contributed by atoms with Gasteiger partial charge in [-0.3, -0.25) is 5.14 Å². The first-order valence-corrected chi connectivity index (χ1v) is 9.10. The normalized spacial score (nSPS) is 15.7. The molecule has 0 bridgehead atoms. The van der Waals surface area contributed by atoms with Crippen LogP contribution in [0.5, 0.6) is 0 Å². The van der Waals surface area contributed by atoms with Crippen molar-refractivity contribution in [2.24, 2.45) is 5.14 Å². The molecule has 0 spiro atoms. The largest absolute Gasteiger partial charge is 0.354 e. The van der Waals surface area contributed by atoms with Gasteiger partial charge in [0.15, 0.2) is 5.82 Å². The maximum atomic E-state index is 13.5. The molecule has 3 heterocycles. The van der Waals surface area contributed by atoms with E-state index < -0.39 is 6.17 Å². The van der Waals surface area contributed by atoms with Crippen LogP contribution in [0.15, 0.2) is 47.6 Å². The first-order chi connectivity index (χ1) is 12.2. The zero-order valence-electron chi connectivity index (χ0n) is 13.6. The minimum Gasteiger partial charge on any atom is -0.354 e. The molecule has 1 aliphatic rings. The number of rotatable bonds is 3. The van der Waals surface area contributed by atoms with Gasteiger partial charge in [0.1, 0.15) is 18.0 Å². The number of halogens is 1. The van der Waals surface area contributed by atoms with Gasteiger partial charge in [-0.2, -0.15) is 0 Å². The lowest BCUT2D eigenvalue weighted by atomic mass is 10.1. The Bertz CT molecular complexity index is 896. The van der Waals surface area contributed by atoms with Crippen LogP contribution in [-0.2, 0) is 0 Å². The average molecular weight is 355 g/mol. The standard InChI is InChI=1S/C18H18FN5S/c19-13-6-8-24(9-7-13)18-17-16(21-11-22-18)5-4-15(23-17)12-2-1-3-14(10-12)25-20/h1-5,10-11,13H,6-9,20H2. The first-order valence-electron chi connectivity index (χ1n) is 8.22. The molecule has 128 valence electrons. The highest BCUT2D eigenvalue weighted by Gasteiger charge is 2.21. The van der Waals surface area contributed by atoms with Crippen LogP contribution in [0.3, 0.4) is 0 Å². The van der Waals surface area contributed by atoms with E-state index in [0.717, 1.165) is 33.0 Å². The lowest BCUT2D eigenvalue weighted by Crippen LogP contribution is -2.35. The summed E-state index contributed by atoms with van der Waals surface area (Å²) in [5.41, 5.74) is 3.39. The van der Waals surface area contributed by atoms with Crippen LogP contribution in [0.25, 0.3) is 22.3 Å². The molecule has 25 heavy (non-hydrogen) atoms. The van der Waals surface area contributed by atoms with Crippen LogP contribution in [0, 0.1) is 0 Å². The molecule has 0 aliphatic carbocycles. The minimum atomic E-state index is -0.718. The van der Waals surface area contributed by atoms with Crippen molar-refractivity contribution in [2.75, 3.05) is 18.0 Å². The lowest BCUT2D eigenvalue weighted by molar-refractivity contribution is 0.277. The molecule has 0 radical (unpaired) electrons. The fourth-order valence-electron chi connectivity index (χ4n) is 3.11. The average Bonchev–Trinajstić information content (AvgIpc) is 2.68. The Labute approximate surface area is 149 Å². The molecule has 2 aromatic heterocycles. The number of nitrogens with zero attached hydrogens (tertiary/aromatic N) is 4. The minimum absolute atomic E-state index is 0.529. The number of alkyl halides is 1. The molecule has 5 nitrogen and oxygen atoms in total. The highest BCUT2D eigenvalue weighted by atomic mass is 32.2. The quantitative estimate of drug-likeness (QED) is 0.724. The second-order valence-corrected chi connectivity index (χ2v) is 6.78. The predicted molar refractivity (Wildman–Crippen MR) is 99.2 cm³/mol. The highest BCUT2D eigenvalue weighted by Crippen LogP contribution is 2.28. The lowest BCUT2D eigenvalue weighted by Gasteiger charge is -2.29. The molecule has 0 amide bonds. The summed E-state index contributed by atoms with van der Waals surface area (Å²) >= 11 is 1.21. The van der Waals surface area contributed by atoms with Gasteiger partial charge in [0.25, 0.3) is 0 Å². The van der Waals surface area contributed by atoms with E-state index in [9.17, 15) is 4.39 Å². The van der Waals surface area contributed by atoms with E-state index >= 15 is 0 Å². The van der Waals surface area contributed by atoms with E-state index in [0.29, 0.717) is 25.9 Å². The maximum absolute atomic E-state index is 13.5. The second-order valence-electron chi connectivity index (χ2n) is 6.07. The Balaban J connectivity index is 1.77. The summed E-state index contributed by atoms with van der Waals surface area (Å²) < 4.78 is 13.5. The van der Waals surface area contributed by atoms with E-state index in [2.05, 4.69) is 14.9 Å². The summed E-state index contributed by atoms with van der Waals surface area (Å²) in [5, 5.41) is 5.66. The number of benzene rings is 1. The third kappa shape index (κ3) is 3.29. The van der Waals surface area contributed by atoms with Gasteiger partial charge in [-0.25, -0.2) is 19.3 Å². The smallest absolute Gasteiger partial charge is 0.158 e. The molecule has 1 saturated heterocycles. The summed E-state index contributed by atoms with van der Waals surface area (Å²) in [6, 6.07) is 11.8. The Morgan fingerprint density at radius 1 is 1.12 bits per heavy atom. The van der Waals surface area contributed by atoms with Gasteiger partial charge in [-0.15, -0.1) is 0 Å². The predicted octanol–water partition coefficient (Wildman–Crippen LogP) is 3.60. The van der Waals surface area contributed by atoms with Gasteiger partial charge in [0.2, 0.25) is 0 Å². The molecule has 7 heteroatoms. The van der Waals surface area contributed by atoms with Gasteiger partial charge in [-0.05, 0) is 49.1 Å². The number of hydrogen-bond acceptors (Lipinski definition) is 6. The summed E-state index contributed by atoms with van der Waals surface area (Å²) in [7, 11) is 0. The number of pyridine rings is 1. The highest BCUT2D eigenvalue weighted by molar-refractivity contribution is 7.97. The molecule has 0 unspecified atom stereocenters. The topological polar surface area (TPSA) is 67.9 Å². The van der Waals surface area contributed by atoms with Crippen LogP contribution in [0.1, 0.15) is 12.8 Å². The summed E-state index contributed by atoms with van der Waals surface area (Å²) in [6.45, 7) is 1.30. The van der Waals surface area contributed by atoms with E-state index in [1.807, 2.05) is 36.4 Å². The Morgan fingerprint density at radius 2 is 1.96 bits per heavy atom. The molecular formula is C18H18FN5S. The number of anilines is 1. The summed E-state index contributed by atoms with van der Waals surface area (Å²) in [4.78, 5) is 16.6. The van der Waals surface area contributed by atoms with Gasteiger partial charge in [0, 0.05) is 23.5 Å². The van der Waals surface area contributed by atoms with Crippen LogP contribution >= 0.6 is 11.9 Å². The first kappa shape index (κ1) is 16.2. The molecular weight excluding hydrogens is 337 g/mol. The van der Waals surface area contributed by atoms with Crippen molar-refractivity contribution < 1.29 is 4.39 Å². The molecule has 0 saturated carbocycles. The second kappa shape index (κ2) is 6.93. The van der Waals surface area contributed by atoms with E-state index in [4.69, 9.17) is 10.1 Å². The SMILES string of the molecule is NSc1cccc(-c2ccc3ncnc(N4CCC(F)CC4)c3n2)c1. The van der Waals surface area contributed by atoms with E-state index in [1.54, 1.807) is 6.33 Å². The number of nitrogens with two attached hydrogens (primary N) is 1. The van der Waals surface area contributed by atoms with Crippen molar-refractivity contribution in [1.82, 2.24) is 15.0 Å². The molecule has 1 fully saturated rings. The Kier molecular flexibility index (Phi) is 4.50. The van der Waals surface area contributed by atoms with E-state index in [-0.39, 0.29) is 0 Å². The van der Waals surface area contributed by atoms with Crippen LogP contribution < -0.4 is 10.0 Å². The third-order valence-electron chi connectivity index (χ3n) is 4.45. The number of aromatic nitrogens is 3. The molecule has 1 aliphatic heterocycles. The van der Waals surface area contributed by atoms with Crippen LogP contribution in [-0.4, -0.2) is 34.2 Å². The molecule has 3 aromatic rings. The molecule has 0 atom stereocenters. The van der Waals surface area contributed by atoms with Gasteiger partial charge in [-0.1, -0.05) is 12.1 Å². The maximum Gasteiger partial charge on any atom is 0.158 e. The summed E-state index contributed by atoms with van der Waals surface area (Å²) in [5.74, 6) is 0.781. The zero-order valence-corrected chi connectivity index (χ0v) is 14.4. The monoisotopic (exact) mass is 355 g/mol. The van der Waals surface area contributed by atoms with Crippen molar-refractivity contribution in [3.8, 4) is 11.3 Å². The fraction of sp³-hybridized carbons (Fsp3) is 0.278. The van der Waals surface area contributed by atoms with Gasteiger partial charge >= 0.3 is 0 Å². The zero-order chi connectivity index (χ0) is 17.2. The van der Waals surface area contributed by atoms with Crippen molar-refractivity contribution in [3.05, 3.63) is 42.7 Å². The molecule has 4 rings (SSSR count). The van der Waals surface area contributed by atoms with Crippen molar-refractivity contribution >= 4 is 28.8 Å². The van der Waals surface area contributed by atoms with Crippen molar-refractivity contribution in [3.63, 3.8) is 0 Å². The van der Waals surface area contributed by atoms with E-state index in [1.165, 1.54) is 11.9 Å². The van der Waals surface area contributed by atoms with Gasteiger partial charge in [0.05, 0.1) is 11.2 Å². The molecule has 1 aromatic carbocycles. The number of piperidine rings is 1. The third-order valence-corrected chi connectivity index (χ3v) is 4.98. The number of fused-ring (bicyclic) bond motifs is 1. The van der Waals surface area contributed by atoms with Gasteiger partial charge < -0.3 is 4.90 Å². The Hall–Kier alpha value is -2.25. The fourth-order valence-corrected chi connectivity index (χ4v) is 3.46. The van der Waals surface area contributed by atoms with Crippen molar-refractivity contribution in [1.29, 1.82) is 0 Å². The van der Waals surface area contributed by atoms with Crippen LogP contribution in [0.4, 0.5) is 10.2 Å².